The Labute approximate surface area is 184 Å². The van der Waals surface area contributed by atoms with Gasteiger partial charge in [-0.3, -0.25) is 9.89 Å². The summed E-state index contributed by atoms with van der Waals surface area (Å²) in [6.45, 7) is 3.62. The first-order valence-corrected chi connectivity index (χ1v) is 13.2. The number of nitrogens with zero attached hydrogens (tertiary/aromatic N) is 2. The third-order valence-electron chi connectivity index (χ3n) is 5.29. The largest absolute Gasteiger partial charge is 0.356 e. The molecule has 0 saturated carbocycles. The van der Waals surface area contributed by atoms with E-state index in [1.54, 1.807) is 18.4 Å². The van der Waals surface area contributed by atoms with Crippen LogP contribution in [0.3, 0.4) is 0 Å². The third-order valence-corrected chi connectivity index (χ3v) is 7.95. The molecule has 1 aliphatic rings. The molecule has 3 rings (SSSR count). The molecule has 1 atom stereocenters. The van der Waals surface area contributed by atoms with Gasteiger partial charge in [0.05, 0.1) is 17.5 Å². The zero-order valence-corrected chi connectivity index (χ0v) is 19.2. The Balaban J connectivity index is 1.43. The van der Waals surface area contributed by atoms with Crippen molar-refractivity contribution in [3.63, 3.8) is 0 Å². The smallest absolute Gasteiger partial charge is 0.191 e. The van der Waals surface area contributed by atoms with Crippen molar-refractivity contribution in [3.05, 3.63) is 58.3 Å². The maximum absolute atomic E-state index is 12.3. The molecule has 1 fully saturated rings. The van der Waals surface area contributed by atoms with Crippen LogP contribution in [0.5, 0.6) is 0 Å². The molecule has 2 N–H and O–H groups in total. The second-order valence-corrected chi connectivity index (χ2v) is 10.7. The van der Waals surface area contributed by atoms with Crippen molar-refractivity contribution in [2.45, 2.75) is 31.1 Å². The lowest BCUT2D eigenvalue weighted by atomic mass is 10.2. The van der Waals surface area contributed by atoms with E-state index in [-0.39, 0.29) is 11.5 Å². The van der Waals surface area contributed by atoms with Crippen molar-refractivity contribution < 1.29 is 8.42 Å². The van der Waals surface area contributed by atoms with Crippen LogP contribution in [0.25, 0.3) is 0 Å². The lowest BCUT2D eigenvalue weighted by molar-refractivity contribution is 0.249. The summed E-state index contributed by atoms with van der Waals surface area (Å²) in [6.07, 6.45) is 3.06. The third kappa shape index (κ3) is 7.11. The van der Waals surface area contributed by atoms with Crippen LogP contribution < -0.4 is 10.6 Å². The topological polar surface area (TPSA) is 73.8 Å². The van der Waals surface area contributed by atoms with Gasteiger partial charge in [0.15, 0.2) is 15.8 Å². The molecule has 30 heavy (non-hydrogen) atoms. The van der Waals surface area contributed by atoms with E-state index in [4.69, 9.17) is 0 Å². The van der Waals surface area contributed by atoms with Crippen molar-refractivity contribution in [2.75, 3.05) is 39.0 Å². The maximum Gasteiger partial charge on any atom is 0.191 e. The van der Waals surface area contributed by atoms with Crippen LogP contribution in [-0.4, -0.2) is 58.3 Å². The minimum absolute atomic E-state index is 0.0964. The van der Waals surface area contributed by atoms with E-state index in [2.05, 4.69) is 38.0 Å². The SMILES string of the molecule is CN=C(NCCCS(=O)(=O)Cc1ccccc1)NCC(c1cccs1)N1CCCC1. The summed E-state index contributed by atoms with van der Waals surface area (Å²) in [6, 6.07) is 14.0. The van der Waals surface area contributed by atoms with E-state index < -0.39 is 9.84 Å². The minimum Gasteiger partial charge on any atom is -0.356 e. The molecule has 2 heterocycles. The van der Waals surface area contributed by atoms with Crippen LogP contribution >= 0.6 is 11.3 Å². The molecule has 0 aliphatic carbocycles. The van der Waals surface area contributed by atoms with Gasteiger partial charge in [0, 0.05) is 25.0 Å². The highest BCUT2D eigenvalue weighted by molar-refractivity contribution is 7.90. The fourth-order valence-electron chi connectivity index (χ4n) is 3.76. The van der Waals surface area contributed by atoms with Gasteiger partial charge in [0.25, 0.3) is 0 Å². The van der Waals surface area contributed by atoms with Gasteiger partial charge in [-0.05, 0) is 49.4 Å². The Morgan fingerprint density at radius 1 is 1.13 bits per heavy atom. The van der Waals surface area contributed by atoms with Crippen molar-refractivity contribution in [2.24, 2.45) is 4.99 Å². The molecule has 0 bridgehead atoms. The van der Waals surface area contributed by atoms with Crippen LogP contribution in [0.4, 0.5) is 0 Å². The molecule has 6 nitrogen and oxygen atoms in total. The normalized spacial score (nSPS) is 16.5. The van der Waals surface area contributed by atoms with Gasteiger partial charge in [0.1, 0.15) is 0 Å². The number of rotatable bonds is 10. The Hall–Kier alpha value is -1.90. The molecule has 0 amide bonds. The van der Waals surface area contributed by atoms with Gasteiger partial charge >= 0.3 is 0 Å². The van der Waals surface area contributed by atoms with E-state index in [1.165, 1.54) is 17.7 Å². The van der Waals surface area contributed by atoms with E-state index in [9.17, 15) is 8.42 Å². The van der Waals surface area contributed by atoms with E-state index >= 15 is 0 Å². The molecule has 2 aromatic rings. The van der Waals surface area contributed by atoms with Crippen molar-refractivity contribution >= 4 is 27.1 Å². The van der Waals surface area contributed by atoms with Crippen molar-refractivity contribution in [1.29, 1.82) is 0 Å². The highest BCUT2D eigenvalue weighted by Gasteiger charge is 2.24. The molecule has 1 aromatic heterocycles. The molecule has 0 spiro atoms. The molecule has 1 aliphatic heterocycles. The summed E-state index contributed by atoms with van der Waals surface area (Å²) in [5.41, 5.74) is 0.837. The first kappa shape index (κ1) is 22.8. The highest BCUT2D eigenvalue weighted by atomic mass is 32.2. The average Bonchev–Trinajstić information content (AvgIpc) is 3.45. The highest BCUT2D eigenvalue weighted by Crippen LogP contribution is 2.27. The van der Waals surface area contributed by atoms with Crippen LogP contribution in [0.15, 0.2) is 52.8 Å². The lowest BCUT2D eigenvalue weighted by Crippen LogP contribution is -2.43. The first-order chi connectivity index (χ1) is 14.6. The average molecular weight is 449 g/mol. The predicted molar refractivity (Wildman–Crippen MR) is 126 cm³/mol. The van der Waals surface area contributed by atoms with Crippen LogP contribution in [0, 0.1) is 0 Å². The molecule has 1 aromatic carbocycles. The zero-order valence-electron chi connectivity index (χ0n) is 17.6. The monoisotopic (exact) mass is 448 g/mol. The molecule has 8 heteroatoms. The molecule has 0 radical (unpaired) electrons. The summed E-state index contributed by atoms with van der Waals surface area (Å²) in [7, 11) is -1.36. The standard InChI is InChI=1S/C22H32N4O2S2/c1-23-22(24-12-8-16-30(27,28)18-19-9-3-2-4-10-19)25-17-20(21-11-7-15-29-21)26-13-5-6-14-26/h2-4,7,9-11,15,20H,5-6,8,12-14,16-18H2,1H3,(H2,23,24,25). The molecule has 164 valence electrons. The number of hydrogen-bond donors (Lipinski definition) is 2. The fourth-order valence-corrected chi connectivity index (χ4v) is 6.05. The number of thiophene rings is 1. The number of benzene rings is 1. The number of guanidine groups is 1. The van der Waals surface area contributed by atoms with Crippen LogP contribution in [0.1, 0.15) is 35.7 Å². The Kier molecular flexibility index (Phi) is 8.72. The molecule has 1 saturated heterocycles. The molecular formula is C22H32N4O2S2. The van der Waals surface area contributed by atoms with Gasteiger partial charge in [-0.1, -0.05) is 36.4 Å². The Morgan fingerprint density at radius 3 is 2.57 bits per heavy atom. The predicted octanol–water partition coefficient (Wildman–Crippen LogP) is 3.06. The minimum atomic E-state index is -3.11. The summed E-state index contributed by atoms with van der Waals surface area (Å²) in [5.74, 6) is 0.979. The lowest BCUT2D eigenvalue weighted by Gasteiger charge is -2.27. The summed E-state index contributed by atoms with van der Waals surface area (Å²) < 4.78 is 24.7. The van der Waals surface area contributed by atoms with Crippen LogP contribution in [-0.2, 0) is 15.6 Å². The summed E-state index contributed by atoms with van der Waals surface area (Å²) >= 11 is 1.79. The second-order valence-electron chi connectivity index (χ2n) is 7.59. The maximum atomic E-state index is 12.3. The van der Waals surface area contributed by atoms with Crippen molar-refractivity contribution in [1.82, 2.24) is 15.5 Å². The molecular weight excluding hydrogens is 416 g/mol. The van der Waals surface area contributed by atoms with Crippen molar-refractivity contribution in [3.8, 4) is 0 Å². The zero-order chi connectivity index (χ0) is 21.2. The Morgan fingerprint density at radius 2 is 1.90 bits per heavy atom. The summed E-state index contributed by atoms with van der Waals surface area (Å²) in [5, 5.41) is 8.81. The molecule has 1 unspecified atom stereocenters. The van der Waals surface area contributed by atoms with Gasteiger partial charge in [-0.25, -0.2) is 8.42 Å². The van der Waals surface area contributed by atoms with E-state index in [1.807, 2.05) is 30.3 Å². The number of likely N-dealkylation sites (tertiary alicyclic amines) is 1. The van der Waals surface area contributed by atoms with E-state index in [0.29, 0.717) is 19.0 Å². The first-order valence-electron chi connectivity index (χ1n) is 10.5. The number of nitrogens with one attached hydrogen (secondary N) is 2. The quantitative estimate of drug-likeness (QED) is 0.332. The van der Waals surface area contributed by atoms with E-state index in [0.717, 1.165) is 31.2 Å². The number of aliphatic imine (C=N–C) groups is 1. The van der Waals surface area contributed by atoms with Gasteiger partial charge in [-0.2, -0.15) is 0 Å². The second kappa shape index (κ2) is 11.5. The van der Waals surface area contributed by atoms with Crippen LogP contribution in [0.2, 0.25) is 0 Å². The van der Waals surface area contributed by atoms with Gasteiger partial charge in [-0.15, -0.1) is 11.3 Å². The number of hydrogen-bond acceptors (Lipinski definition) is 5. The van der Waals surface area contributed by atoms with Gasteiger partial charge in [0.2, 0.25) is 0 Å². The summed E-state index contributed by atoms with van der Waals surface area (Å²) in [4.78, 5) is 8.20. The Bertz CT molecular complexity index is 877. The number of sulfone groups is 1. The van der Waals surface area contributed by atoms with Gasteiger partial charge < -0.3 is 10.6 Å². The fraction of sp³-hybridized carbons (Fsp3) is 0.500.